The zero-order valence-corrected chi connectivity index (χ0v) is 31.3. The molecule has 0 N–H and O–H groups in total. The van der Waals surface area contributed by atoms with Gasteiger partial charge < -0.3 is 4.57 Å². The molecule has 0 spiro atoms. The summed E-state index contributed by atoms with van der Waals surface area (Å²) >= 11 is 1.83. The number of benzene rings is 9. The Morgan fingerprint density at radius 2 is 1.05 bits per heavy atom. The molecule has 0 aliphatic heterocycles. The summed E-state index contributed by atoms with van der Waals surface area (Å²) in [6.45, 7) is 0. The predicted molar refractivity (Wildman–Crippen MR) is 242 cm³/mol. The van der Waals surface area contributed by atoms with E-state index in [1.165, 1.54) is 74.3 Å². The van der Waals surface area contributed by atoms with E-state index in [1.807, 2.05) is 11.3 Å². The first-order valence-electron chi connectivity index (χ1n) is 19.3. The minimum atomic E-state index is 0.816. The number of hydrogen-bond donors (Lipinski definition) is 0. The Hall–Kier alpha value is -7.34. The molecule has 0 fully saturated rings. The van der Waals surface area contributed by atoms with Gasteiger partial charge in [-0.2, -0.15) is 0 Å². The Balaban J connectivity index is 1.21. The Morgan fingerprint density at radius 3 is 1.93 bits per heavy atom. The highest BCUT2D eigenvalue weighted by atomic mass is 32.1. The third-order valence-electron chi connectivity index (χ3n) is 11.9. The lowest BCUT2D eigenvalue weighted by Gasteiger charge is -2.15. The fourth-order valence-electron chi connectivity index (χ4n) is 9.44. The summed E-state index contributed by atoms with van der Waals surface area (Å²) in [6, 6.07) is 65.9. The van der Waals surface area contributed by atoms with Crippen LogP contribution in [0.3, 0.4) is 0 Å². The van der Waals surface area contributed by atoms with E-state index in [4.69, 9.17) is 9.97 Å². The number of fused-ring (bicyclic) bond motifs is 14. The van der Waals surface area contributed by atoms with Crippen molar-refractivity contribution in [3.63, 3.8) is 0 Å². The molecule has 0 saturated heterocycles. The molecule has 0 aliphatic carbocycles. The van der Waals surface area contributed by atoms with Crippen molar-refractivity contribution in [2.45, 2.75) is 0 Å². The lowest BCUT2D eigenvalue weighted by atomic mass is 10.0. The molecule has 0 bridgehead atoms. The van der Waals surface area contributed by atoms with Crippen LogP contribution in [0.4, 0.5) is 0 Å². The van der Waals surface area contributed by atoms with E-state index >= 15 is 0 Å². The molecule has 4 aromatic heterocycles. The molecule has 264 valence electrons. The summed E-state index contributed by atoms with van der Waals surface area (Å²) in [5, 5.41) is 12.2. The van der Waals surface area contributed by atoms with Gasteiger partial charge in [0.05, 0.1) is 33.1 Å². The second kappa shape index (κ2) is 11.6. The van der Waals surface area contributed by atoms with Crippen molar-refractivity contribution in [3.05, 3.63) is 182 Å². The summed E-state index contributed by atoms with van der Waals surface area (Å²) < 4.78 is 7.35. The molecule has 0 saturated carbocycles. The number of hydrogen-bond acceptors (Lipinski definition) is 3. The van der Waals surface area contributed by atoms with Gasteiger partial charge >= 0.3 is 0 Å². The highest BCUT2D eigenvalue weighted by Crippen LogP contribution is 2.45. The highest BCUT2D eigenvalue weighted by molar-refractivity contribution is 7.25. The molecule has 13 aromatic rings. The highest BCUT2D eigenvalue weighted by Gasteiger charge is 2.24. The van der Waals surface area contributed by atoms with E-state index in [0.717, 1.165) is 44.8 Å². The van der Waals surface area contributed by atoms with Gasteiger partial charge in [0.15, 0.2) is 5.82 Å². The average molecular weight is 743 g/mol. The van der Waals surface area contributed by atoms with Gasteiger partial charge in [-0.15, -0.1) is 11.3 Å². The monoisotopic (exact) mass is 742 g/mol. The fourth-order valence-corrected chi connectivity index (χ4v) is 10.6. The van der Waals surface area contributed by atoms with Crippen LogP contribution >= 0.6 is 11.3 Å². The number of para-hydroxylation sites is 3. The van der Waals surface area contributed by atoms with Crippen LogP contribution < -0.4 is 0 Å². The zero-order valence-electron chi connectivity index (χ0n) is 30.5. The fraction of sp³-hybridized carbons (Fsp3) is 0. The minimum Gasteiger partial charge on any atom is -0.309 e. The summed E-state index contributed by atoms with van der Waals surface area (Å²) in [5.41, 5.74) is 9.35. The van der Waals surface area contributed by atoms with Crippen LogP contribution in [0.25, 0.3) is 119 Å². The molecule has 0 radical (unpaired) electrons. The predicted octanol–water partition coefficient (Wildman–Crippen LogP) is 14.2. The van der Waals surface area contributed by atoms with E-state index in [9.17, 15) is 0 Å². The van der Waals surface area contributed by atoms with Gasteiger partial charge in [0.2, 0.25) is 0 Å². The van der Waals surface area contributed by atoms with E-state index in [1.54, 1.807) is 0 Å². The molecule has 0 atom stereocenters. The average Bonchev–Trinajstić information content (AvgIpc) is 3.94. The van der Waals surface area contributed by atoms with Crippen molar-refractivity contribution in [2.24, 2.45) is 0 Å². The van der Waals surface area contributed by atoms with Crippen molar-refractivity contribution >= 4 is 108 Å². The van der Waals surface area contributed by atoms with Crippen molar-refractivity contribution < 1.29 is 0 Å². The lowest BCUT2D eigenvalue weighted by Crippen LogP contribution is -2.04. The zero-order chi connectivity index (χ0) is 37.2. The standard InChI is InChI=1S/C52H30N4S/c1-3-14-34-31(12-1)25-29-44-48(34)38-28-26-33(55-43-21-9-5-16-36(43)37-27-24-32-13-2-4-15-35(32)51(37)55)30-45(38)56(44)52-50(53-41-19-7-8-20-42(41)54-52)40-18-11-23-47-49(40)39-17-6-10-22-46(39)57-47/h1-30H. The van der Waals surface area contributed by atoms with Gasteiger partial charge in [0.25, 0.3) is 0 Å². The van der Waals surface area contributed by atoms with Gasteiger partial charge in [0, 0.05) is 58.4 Å². The van der Waals surface area contributed by atoms with Gasteiger partial charge in [-0.3, -0.25) is 4.57 Å². The normalized spacial score (nSPS) is 12.2. The van der Waals surface area contributed by atoms with Gasteiger partial charge in [-0.25, -0.2) is 9.97 Å². The van der Waals surface area contributed by atoms with Crippen LogP contribution in [0.15, 0.2) is 182 Å². The molecule has 13 rings (SSSR count). The van der Waals surface area contributed by atoms with Gasteiger partial charge in [0.1, 0.15) is 5.69 Å². The third kappa shape index (κ3) is 4.32. The lowest BCUT2D eigenvalue weighted by molar-refractivity contribution is 1.08. The summed E-state index contributed by atoms with van der Waals surface area (Å²) in [4.78, 5) is 11.1. The Labute approximate surface area is 330 Å². The summed E-state index contributed by atoms with van der Waals surface area (Å²) in [6.07, 6.45) is 0. The van der Waals surface area contributed by atoms with Crippen LogP contribution in [0, 0.1) is 0 Å². The summed E-state index contributed by atoms with van der Waals surface area (Å²) in [7, 11) is 0. The van der Waals surface area contributed by atoms with Crippen LogP contribution in [0.1, 0.15) is 0 Å². The number of aromatic nitrogens is 4. The minimum absolute atomic E-state index is 0.816. The SMILES string of the molecule is c1ccc2c(c1)ccc1c2c2ccc(-n3c4ccccc4c4ccc5ccccc5c43)cc2n1-c1nc2ccccc2nc1-c1cccc2sc3ccccc3c12. The third-order valence-corrected chi connectivity index (χ3v) is 13.0. The number of nitrogens with zero attached hydrogens (tertiary/aromatic N) is 4. The molecule has 0 amide bonds. The molecule has 57 heavy (non-hydrogen) atoms. The Kier molecular flexibility index (Phi) is 6.29. The molecule has 0 unspecified atom stereocenters. The number of rotatable bonds is 3. The molecule has 4 heterocycles. The second-order valence-corrected chi connectivity index (χ2v) is 16.0. The van der Waals surface area contributed by atoms with E-state index in [0.29, 0.717) is 0 Å². The largest absolute Gasteiger partial charge is 0.309 e. The topological polar surface area (TPSA) is 35.6 Å². The van der Waals surface area contributed by atoms with Gasteiger partial charge in [-0.1, -0.05) is 133 Å². The molecule has 5 heteroatoms. The molecular weight excluding hydrogens is 713 g/mol. The van der Waals surface area contributed by atoms with Crippen molar-refractivity contribution in [1.82, 2.24) is 19.1 Å². The quantitative estimate of drug-likeness (QED) is 0.181. The van der Waals surface area contributed by atoms with Gasteiger partial charge in [-0.05, 0) is 64.7 Å². The van der Waals surface area contributed by atoms with E-state index in [2.05, 4.69) is 191 Å². The maximum absolute atomic E-state index is 5.58. The van der Waals surface area contributed by atoms with Crippen LogP contribution in [-0.2, 0) is 0 Å². The van der Waals surface area contributed by atoms with Crippen molar-refractivity contribution in [3.8, 4) is 22.8 Å². The summed E-state index contributed by atoms with van der Waals surface area (Å²) in [5.74, 6) is 0.816. The second-order valence-electron chi connectivity index (χ2n) is 14.9. The molecule has 4 nitrogen and oxygen atoms in total. The van der Waals surface area contributed by atoms with Crippen molar-refractivity contribution in [1.29, 1.82) is 0 Å². The van der Waals surface area contributed by atoms with E-state index in [-0.39, 0.29) is 0 Å². The van der Waals surface area contributed by atoms with Crippen LogP contribution in [0.2, 0.25) is 0 Å². The Morgan fingerprint density at radius 1 is 0.386 bits per heavy atom. The van der Waals surface area contributed by atoms with Crippen LogP contribution in [0.5, 0.6) is 0 Å². The molecule has 9 aromatic carbocycles. The molecular formula is C52H30N4S. The van der Waals surface area contributed by atoms with Crippen molar-refractivity contribution in [2.75, 3.05) is 0 Å². The first kappa shape index (κ1) is 30.9. The van der Waals surface area contributed by atoms with Crippen LogP contribution in [-0.4, -0.2) is 19.1 Å². The maximum Gasteiger partial charge on any atom is 0.165 e. The van der Waals surface area contributed by atoms with E-state index < -0.39 is 0 Å². The maximum atomic E-state index is 5.58. The smallest absolute Gasteiger partial charge is 0.165 e. The first-order valence-corrected chi connectivity index (χ1v) is 20.2. The molecule has 0 aliphatic rings. The Bertz CT molecular complexity index is 3830. The first-order chi connectivity index (χ1) is 28.3. The number of thiophene rings is 1.